The van der Waals surface area contributed by atoms with Crippen LogP contribution in [0.3, 0.4) is 0 Å². The van der Waals surface area contributed by atoms with E-state index in [1.165, 1.54) is 0 Å². The molecule has 2 N–H and O–H groups in total. The van der Waals surface area contributed by atoms with Gasteiger partial charge in [0.2, 0.25) is 11.9 Å². The van der Waals surface area contributed by atoms with E-state index in [9.17, 15) is 0 Å². The minimum atomic E-state index is 0.452. The lowest BCUT2D eigenvalue weighted by Gasteiger charge is -2.05. The van der Waals surface area contributed by atoms with E-state index in [0.29, 0.717) is 11.9 Å². The van der Waals surface area contributed by atoms with Crippen molar-refractivity contribution >= 4 is 22.8 Å². The van der Waals surface area contributed by atoms with E-state index in [1.807, 2.05) is 24.3 Å². The summed E-state index contributed by atoms with van der Waals surface area (Å²) in [5.41, 5.74) is 2.76. The van der Waals surface area contributed by atoms with Crippen molar-refractivity contribution in [2.24, 2.45) is 0 Å². The second-order valence-electron chi connectivity index (χ2n) is 4.63. The summed E-state index contributed by atoms with van der Waals surface area (Å²) in [4.78, 5) is 16.9. The lowest BCUT2D eigenvalue weighted by atomic mass is 10.1. The van der Waals surface area contributed by atoms with Gasteiger partial charge in [0.1, 0.15) is 0 Å². The third kappa shape index (κ3) is 2.35. The highest BCUT2D eigenvalue weighted by Gasteiger charge is 2.05. The van der Waals surface area contributed by atoms with Crippen molar-refractivity contribution in [2.45, 2.75) is 0 Å². The Morgan fingerprint density at radius 2 is 1.77 bits per heavy atom. The Labute approximate surface area is 125 Å². The van der Waals surface area contributed by atoms with Crippen molar-refractivity contribution in [1.82, 2.24) is 30.1 Å². The number of aromatic nitrogens is 6. The van der Waals surface area contributed by atoms with Crippen molar-refractivity contribution < 1.29 is 0 Å². The molecule has 0 saturated carbocycles. The minimum Gasteiger partial charge on any atom is -0.293 e. The molecule has 0 aliphatic heterocycles. The molecule has 7 heteroatoms. The molecule has 0 amide bonds. The van der Waals surface area contributed by atoms with Crippen LogP contribution in [-0.4, -0.2) is 30.1 Å². The third-order valence-electron chi connectivity index (χ3n) is 3.18. The summed E-state index contributed by atoms with van der Waals surface area (Å²) in [5, 5.41) is 11.0. The first-order valence-electron chi connectivity index (χ1n) is 6.69. The summed E-state index contributed by atoms with van der Waals surface area (Å²) in [6, 6.07) is 9.62. The standard InChI is InChI=1S/C15H11N7/c1-5-16-14(17-6-1)21-15-18-7-4-12(20-15)10-2-3-11-9-19-22-13(11)8-10/h1-9H,(H,19,22)(H,16,17,18,20,21). The number of rotatable bonds is 3. The molecule has 0 spiro atoms. The van der Waals surface area contributed by atoms with Crippen LogP contribution in [-0.2, 0) is 0 Å². The van der Waals surface area contributed by atoms with E-state index in [4.69, 9.17) is 0 Å². The summed E-state index contributed by atoms with van der Waals surface area (Å²) in [6.07, 6.45) is 6.81. The molecular formula is C15H11N7. The summed E-state index contributed by atoms with van der Waals surface area (Å²) >= 11 is 0. The van der Waals surface area contributed by atoms with E-state index in [2.05, 4.69) is 35.5 Å². The van der Waals surface area contributed by atoms with Gasteiger partial charge in [-0.15, -0.1) is 0 Å². The molecule has 0 radical (unpaired) electrons. The molecule has 0 saturated heterocycles. The smallest absolute Gasteiger partial charge is 0.230 e. The SMILES string of the molecule is c1cnc(Nc2nccc(-c3ccc4cn[nH]c4c3)n2)nc1. The fourth-order valence-electron chi connectivity index (χ4n) is 2.14. The summed E-state index contributed by atoms with van der Waals surface area (Å²) < 4.78 is 0. The van der Waals surface area contributed by atoms with Crippen LogP contribution in [0.25, 0.3) is 22.2 Å². The molecule has 0 aliphatic carbocycles. The number of fused-ring (bicyclic) bond motifs is 1. The molecule has 1 aromatic carbocycles. The maximum atomic E-state index is 4.49. The summed E-state index contributed by atoms with van der Waals surface area (Å²) in [5.74, 6) is 0.914. The van der Waals surface area contributed by atoms with Crippen LogP contribution in [0.15, 0.2) is 55.1 Å². The molecule has 0 fully saturated rings. The maximum Gasteiger partial charge on any atom is 0.230 e. The minimum absolute atomic E-state index is 0.452. The first-order chi connectivity index (χ1) is 10.9. The lowest BCUT2D eigenvalue weighted by Crippen LogP contribution is -2.00. The van der Waals surface area contributed by atoms with Gasteiger partial charge < -0.3 is 0 Å². The molecular weight excluding hydrogens is 278 g/mol. The van der Waals surface area contributed by atoms with Crippen LogP contribution in [0.5, 0.6) is 0 Å². The molecule has 4 rings (SSSR count). The number of anilines is 2. The Bertz CT molecular complexity index is 917. The normalized spacial score (nSPS) is 10.7. The number of hydrogen-bond donors (Lipinski definition) is 2. The van der Waals surface area contributed by atoms with Gasteiger partial charge in [-0.3, -0.25) is 10.4 Å². The van der Waals surface area contributed by atoms with Gasteiger partial charge >= 0.3 is 0 Å². The zero-order valence-corrected chi connectivity index (χ0v) is 11.4. The lowest BCUT2D eigenvalue weighted by molar-refractivity contribution is 1.10. The van der Waals surface area contributed by atoms with Crippen LogP contribution >= 0.6 is 0 Å². The first kappa shape index (κ1) is 12.4. The maximum absolute atomic E-state index is 4.49. The molecule has 0 aliphatic rings. The van der Waals surface area contributed by atoms with Gasteiger partial charge in [-0.1, -0.05) is 12.1 Å². The average Bonchev–Trinajstić information content (AvgIpc) is 3.04. The van der Waals surface area contributed by atoms with E-state index in [1.54, 1.807) is 30.9 Å². The Morgan fingerprint density at radius 3 is 2.68 bits per heavy atom. The highest BCUT2D eigenvalue weighted by Crippen LogP contribution is 2.22. The highest BCUT2D eigenvalue weighted by molar-refractivity contribution is 5.83. The molecule has 3 aromatic heterocycles. The summed E-state index contributed by atoms with van der Waals surface area (Å²) in [6.45, 7) is 0. The largest absolute Gasteiger partial charge is 0.293 e. The number of nitrogens with zero attached hydrogens (tertiary/aromatic N) is 5. The van der Waals surface area contributed by atoms with Gasteiger partial charge in [-0.25, -0.2) is 19.9 Å². The van der Waals surface area contributed by atoms with E-state index in [-0.39, 0.29) is 0 Å². The van der Waals surface area contributed by atoms with Crippen LogP contribution < -0.4 is 5.32 Å². The second kappa shape index (κ2) is 5.21. The van der Waals surface area contributed by atoms with Crippen LogP contribution in [0, 0.1) is 0 Å². The van der Waals surface area contributed by atoms with Crippen molar-refractivity contribution in [1.29, 1.82) is 0 Å². The van der Waals surface area contributed by atoms with Crippen molar-refractivity contribution in [3.63, 3.8) is 0 Å². The number of hydrogen-bond acceptors (Lipinski definition) is 6. The van der Waals surface area contributed by atoms with Crippen molar-refractivity contribution in [3.05, 3.63) is 55.1 Å². The van der Waals surface area contributed by atoms with Crippen LogP contribution in [0.1, 0.15) is 0 Å². The summed E-state index contributed by atoms with van der Waals surface area (Å²) in [7, 11) is 0. The Kier molecular flexibility index (Phi) is 2.93. The van der Waals surface area contributed by atoms with E-state index < -0.39 is 0 Å². The molecule has 0 bridgehead atoms. The number of nitrogens with one attached hydrogen (secondary N) is 2. The quantitative estimate of drug-likeness (QED) is 0.602. The van der Waals surface area contributed by atoms with Crippen LogP contribution in [0.4, 0.5) is 11.9 Å². The predicted octanol–water partition coefficient (Wildman–Crippen LogP) is 2.55. The molecule has 4 aromatic rings. The predicted molar refractivity (Wildman–Crippen MR) is 82.4 cm³/mol. The van der Waals surface area contributed by atoms with Gasteiger partial charge in [0.25, 0.3) is 0 Å². The number of aromatic amines is 1. The number of benzene rings is 1. The number of H-pyrrole nitrogens is 1. The van der Waals surface area contributed by atoms with Crippen LogP contribution in [0.2, 0.25) is 0 Å². The fourth-order valence-corrected chi connectivity index (χ4v) is 2.14. The topological polar surface area (TPSA) is 92.3 Å². The third-order valence-corrected chi connectivity index (χ3v) is 3.18. The Hall–Kier alpha value is -3.35. The molecule has 0 unspecified atom stereocenters. The van der Waals surface area contributed by atoms with Crippen molar-refractivity contribution in [3.8, 4) is 11.3 Å². The zero-order valence-electron chi connectivity index (χ0n) is 11.4. The van der Waals surface area contributed by atoms with Gasteiger partial charge in [0, 0.05) is 29.5 Å². The van der Waals surface area contributed by atoms with Crippen molar-refractivity contribution in [2.75, 3.05) is 5.32 Å². The molecule has 3 heterocycles. The molecule has 7 nitrogen and oxygen atoms in total. The van der Waals surface area contributed by atoms with E-state index in [0.717, 1.165) is 22.2 Å². The molecule has 22 heavy (non-hydrogen) atoms. The monoisotopic (exact) mass is 289 g/mol. The van der Waals surface area contributed by atoms with Gasteiger partial charge in [0.15, 0.2) is 0 Å². The van der Waals surface area contributed by atoms with E-state index >= 15 is 0 Å². The van der Waals surface area contributed by atoms with Gasteiger partial charge in [-0.05, 0) is 18.2 Å². The first-order valence-corrected chi connectivity index (χ1v) is 6.69. The van der Waals surface area contributed by atoms with Gasteiger partial charge in [0.05, 0.1) is 17.4 Å². The second-order valence-corrected chi connectivity index (χ2v) is 4.63. The van der Waals surface area contributed by atoms with Gasteiger partial charge in [-0.2, -0.15) is 5.10 Å². The fraction of sp³-hybridized carbons (Fsp3) is 0. The Morgan fingerprint density at radius 1 is 0.909 bits per heavy atom. The molecule has 106 valence electrons. The molecule has 0 atom stereocenters. The Balaban J connectivity index is 1.69. The zero-order chi connectivity index (χ0) is 14.8. The average molecular weight is 289 g/mol. The highest BCUT2D eigenvalue weighted by atomic mass is 15.2.